The molecule has 0 amide bonds. The summed E-state index contributed by atoms with van der Waals surface area (Å²) in [5, 5.41) is 0. The standard InChI is InChI=1S/C12H22OS2/c1-14-11-7-3-5-9-13-10-6-4-8-12-15-2/h5-6,9-10H,3-4,7-8,11-12H2,1-2H3/b9-5+,10-6+. The van der Waals surface area contributed by atoms with Crippen molar-refractivity contribution in [3.05, 3.63) is 24.7 Å². The third kappa shape index (κ3) is 14.0. The highest BCUT2D eigenvalue weighted by Gasteiger charge is 1.82. The maximum atomic E-state index is 5.22. The van der Waals surface area contributed by atoms with E-state index >= 15 is 0 Å². The Morgan fingerprint density at radius 1 is 0.867 bits per heavy atom. The molecule has 0 aliphatic heterocycles. The van der Waals surface area contributed by atoms with Crippen LogP contribution in [0.2, 0.25) is 0 Å². The smallest absolute Gasteiger partial charge is 0.0861 e. The predicted octanol–water partition coefficient (Wildman–Crippen LogP) is 4.32. The van der Waals surface area contributed by atoms with Gasteiger partial charge in [-0.05, 0) is 61.9 Å². The zero-order valence-electron chi connectivity index (χ0n) is 9.78. The van der Waals surface area contributed by atoms with E-state index in [-0.39, 0.29) is 0 Å². The molecule has 0 saturated heterocycles. The molecule has 0 aliphatic carbocycles. The number of hydrogen-bond donors (Lipinski definition) is 0. The molecule has 0 aromatic heterocycles. The van der Waals surface area contributed by atoms with Crippen molar-refractivity contribution in [2.75, 3.05) is 24.0 Å². The molecule has 0 spiro atoms. The van der Waals surface area contributed by atoms with Gasteiger partial charge in [-0.25, -0.2) is 0 Å². The van der Waals surface area contributed by atoms with Crippen molar-refractivity contribution in [1.29, 1.82) is 0 Å². The van der Waals surface area contributed by atoms with E-state index in [2.05, 4.69) is 24.7 Å². The first kappa shape index (κ1) is 15.0. The number of thioether (sulfide) groups is 2. The zero-order valence-corrected chi connectivity index (χ0v) is 11.4. The normalized spacial score (nSPS) is 11.6. The van der Waals surface area contributed by atoms with E-state index in [1.54, 1.807) is 12.5 Å². The largest absolute Gasteiger partial charge is 0.473 e. The van der Waals surface area contributed by atoms with Crippen LogP contribution in [0.15, 0.2) is 24.7 Å². The van der Waals surface area contributed by atoms with Crippen molar-refractivity contribution in [3.8, 4) is 0 Å². The Morgan fingerprint density at radius 3 is 1.73 bits per heavy atom. The van der Waals surface area contributed by atoms with Crippen LogP contribution in [0.25, 0.3) is 0 Å². The van der Waals surface area contributed by atoms with E-state index in [0.717, 1.165) is 12.8 Å². The van der Waals surface area contributed by atoms with E-state index < -0.39 is 0 Å². The van der Waals surface area contributed by atoms with Gasteiger partial charge in [0, 0.05) is 0 Å². The summed E-state index contributed by atoms with van der Waals surface area (Å²) in [5.41, 5.74) is 0. The fraction of sp³-hybridized carbons (Fsp3) is 0.667. The van der Waals surface area contributed by atoms with Crippen molar-refractivity contribution in [2.45, 2.75) is 25.7 Å². The maximum absolute atomic E-state index is 5.22. The lowest BCUT2D eigenvalue weighted by atomic mass is 10.3. The number of rotatable bonds is 10. The first-order valence-corrected chi connectivity index (χ1v) is 8.14. The van der Waals surface area contributed by atoms with Crippen LogP contribution >= 0.6 is 23.5 Å². The molecule has 1 nitrogen and oxygen atoms in total. The molecule has 0 aliphatic rings. The zero-order chi connectivity index (χ0) is 11.2. The third-order valence-electron chi connectivity index (χ3n) is 1.79. The van der Waals surface area contributed by atoms with Crippen molar-refractivity contribution >= 4 is 23.5 Å². The van der Waals surface area contributed by atoms with E-state index in [4.69, 9.17) is 4.74 Å². The molecule has 0 unspecified atom stereocenters. The Labute approximate surface area is 103 Å². The quantitative estimate of drug-likeness (QED) is 0.420. The van der Waals surface area contributed by atoms with Gasteiger partial charge in [-0.1, -0.05) is 0 Å². The number of unbranched alkanes of at least 4 members (excludes halogenated alkanes) is 2. The Hall–Kier alpha value is -0.0200. The molecular formula is C12H22OS2. The van der Waals surface area contributed by atoms with Crippen LogP contribution in [0.4, 0.5) is 0 Å². The fourth-order valence-corrected chi connectivity index (χ4v) is 1.89. The van der Waals surface area contributed by atoms with Gasteiger partial charge in [0.1, 0.15) is 0 Å². The molecule has 0 fully saturated rings. The molecule has 0 bridgehead atoms. The fourth-order valence-electron chi connectivity index (χ4n) is 0.984. The second-order valence-corrected chi connectivity index (χ2v) is 5.12. The summed E-state index contributed by atoms with van der Waals surface area (Å²) in [5.74, 6) is 2.46. The lowest BCUT2D eigenvalue weighted by Crippen LogP contribution is -1.76. The number of hydrogen-bond acceptors (Lipinski definition) is 3. The van der Waals surface area contributed by atoms with Crippen LogP contribution in [0.5, 0.6) is 0 Å². The highest BCUT2D eigenvalue weighted by Crippen LogP contribution is 2.01. The summed E-state index contributed by atoms with van der Waals surface area (Å²) in [4.78, 5) is 0. The van der Waals surface area contributed by atoms with Gasteiger partial charge in [-0.2, -0.15) is 23.5 Å². The van der Waals surface area contributed by atoms with Crippen molar-refractivity contribution in [3.63, 3.8) is 0 Å². The summed E-state index contributed by atoms with van der Waals surface area (Å²) in [6.45, 7) is 0. The second-order valence-electron chi connectivity index (χ2n) is 3.15. The van der Waals surface area contributed by atoms with Crippen molar-refractivity contribution in [2.24, 2.45) is 0 Å². The lowest BCUT2D eigenvalue weighted by molar-refractivity contribution is 0.398. The van der Waals surface area contributed by atoms with Crippen LogP contribution in [-0.2, 0) is 4.74 Å². The summed E-state index contributed by atoms with van der Waals surface area (Å²) in [7, 11) is 0. The average molecular weight is 246 g/mol. The number of allylic oxidation sites excluding steroid dienone is 2. The minimum absolute atomic E-state index is 1.11. The molecule has 0 atom stereocenters. The summed E-state index contributed by atoms with van der Waals surface area (Å²) in [6.07, 6.45) is 16.7. The molecule has 88 valence electrons. The average Bonchev–Trinajstić information content (AvgIpc) is 2.26. The summed E-state index contributed by atoms with van der Waals surface area (Å²) >= 11 is 3.78. The summed E-state index contributed by atoms with van der Waals surface area (Å²) in [6, 6.07) is 0. The van der Waals surface area contributed by atoms with Crippen molar-refractivity contribution < 1.29 is 4.74 Å². The van der Waals surface area contributed by atoms with Gasteiger partial charge in [0.05, 0.1) is 12.5 Å². The second kappa shape index (κ2) is 14.0. The monoisotopic (exact) mass is 246 g/mol. The van der Waals surface area contributed by atoms with E-state index in [1.807, 2.05) is 23.5 Å². The van der Waals surface area contributed by atoms with Gasteiger partial charge in [-0.3, -0.25) is 0 Å². The molecule has 0 heterocycles. The predicted molar refractivity (Wildman–Crippen MR) is 74.6 cm³/mol. The van der Waals surface area contributed by atoms with Gasteiger partial charge >= 0.3 is 0 Å². The highest BCUT2D eigenvalue weighted by molar-refractivity contribution is 7.98. The van der Waals surface area contributed by atoms with Crippen LogP contribution in [0.3, 0.4) is 0 Å². The molecular weight excluding hydrogens is 224 g/mol. The third-order valence-corrected chi connectivity index (χ3v) is 3.18. The van der Waals surface area contributed by atoms with Gasteiger partial charge < -0.3 is 4.74 Å². The van der Waals surface area contributed by atoms with Crippen LogP contribution in [-0.4, -0.2) is 24.0 Å². The molecule has 3 heteroatoms. The minimum atomic E-state index is 1.11. The molecule has 15 heavy (non-hydrogen) atoms. The summed E-state index contributed by atoms with van der Waals surface area (Å²) < 4.78 is 5.22. The first-order chi connectivity index (χ1) is 7.41. The van der Waals surface area contributed by atoms with Gasteiger partial charge in [0.15, 0.2) is 0 Å². The Morgan fingerprint density at radius 2 is 1.33 bits per heavy atom. The van der Waals surface area contributed by atoms with Gasteiger partial charge in [0.2, 0.25) is 0 Å². The highest BCUT2D eigenvalue weighted by atomic mass is 32.2. The molecule has 0 rings (SSSR count). The Kier molecular flexibility index (Phi) is 14.0. The first-order valence-electron chi connectivity index (χ1n) is 5.35. The van der Waals surface area contributed by atoms with Crippen LogP contribution in [0.1, 0.15) is 25.7 Å². The molecule has 0 aromatic rings. The minimum Gasteiger partial charge on any atom is -0.473 e. The molecule has 0 saturated carbocycles. The Bertz CT molecular complexity index is 149. The van der Waals surface area contributed by atoms with Gasteiger partial charge in [-0.15, -0.1) is 0 Å². The van der Waals surface area contributed by atoms with Gasteiger partial charge in [0.25, 0.3) is 0 Å². The van der Waals surface area contributed by atoms with E-state index in [0.29, 0.717) is 0 Å². The van der Waals surface area contributed by atoms with E-state index in [1.165, 1.54) is 24.3 Å². The van der Waals surface area contributed by atoms with Crippen molar-refractivity contribution in [1.82, 2.24) is 0 Å². The van der Waals surface area contributed by atoms with E-state index in [9.17, 15) is 0 Å². The SMILES string of the molecule is CSCCC/C=C/O/C=C/CCCSC. The Balaban J connectivity index is 3.14. The molecule has 0 N–H and O–H groups in total. The van der Waals surface area contributed by atoms with Crippen LogP contribution < -0.4 is 0 Å². The molecule has 0 radical (unpaired) electrons. The topological polar surface area (TPSA) is 9.23 Å². The lowest BCUT2D eigenvalue weighted by Gasteiger charge is -1.93. The maximum Gasteiger partial charge on any atom is 0.0861 e. The number of ether oxygens (including phenoxy) is 1. The van der Waals surface area contributed by atoms with Crippen LogP contribution in [0, 0.1) is 0 Å². The molecule has 0 aromatic carbocycles.